The monoisotopic (exact) mass is 352 g/mol. The van der Waals surface area contributed by atoms with E-state index in [9.17, 15) is 9.59 Å². The number of nitrogens with zero attached hydrogens (tertiary/aromatic N) is 3. The first-order valence-electron chi connectivity index (χ1n) is 8.09. The van der Waals surface area contributed by atoms with Crippen molar-refractivity contribution in [2.45, 2.75) is 6.04 Å². The van der Waals surface area contributed by atoms with Crippen LogP contribution < -0.4 is 15.6 Å². The maximum absolute atomic E-state index is 12.8. The van der Waals surface area contributed by atoms with E-state index < -0.39 is 6.04 Å². The highest BCUT2D eigenvalue weighted by Crippen LogP contribution is 2.29. The van der Waals surface area contributed by atoms with Crippen LogP contribution in [0.2, 0.25) is 0 Å². The van der Waals surface area contributed by atoms with E-state index in [1.165, 1.54) is 10.6 Å². The highest BCUT2D eigenvalue weighted by Gasteiger charge is 2.24. The minimum absolute atomic E-state index is 0.247. The molecule has 0 aliphatic carbocycles. The first kappa shape index (κ1) is 17.5. The number of carbonyl (C=O) groups excluding carboxylic acids is 1. The molecule has 0 spiro atoms. The summed E-state index contributed by atoms with van der Waals surface area (Å²) in [6.07, 6.45) is 5.04. The van der Waals surface area contributed by atoms with Crippen LogP contribution in [0.3, 0.4) is 0 Å². The Morgan fingerprint density at radius 3 is 2.58 bits per heavy atom. The van der Waals surface area contributed by atoms with Gasteiger partial charge in [-0.3, -0.25) is 9.59 Å². The van der Waals surface area contributed by atoms with E-state index in [0.717, 1.165) is 5.56 Å². The Kier molecular flexibility index (Phi) is 4.88. The Morgan fingerprint density at radius 1 is 1.15 bits per heavy atom. The van der Waals surface area contributed by atoms with Crippen molar-refractivity contribution in [1.82, 2.24) is 19.4 Å². The molecule has 0 saturated carbocycles. The lowest BCUT2D eigenvalue weighted by molar-refractivity contribution is 0.0940. The Morgan fingerprint density at radius 2 is 1.92 bits per heavy atom. The zero-order valence-electron chi connectivity index (χ0n) is 14.8. The quantitative estimate of drug-likeness (QED) is 0.757. The van der Waals surface area contributed by atoms with Gasteiger partial charge in [-0.05, 0) is 12.1 Å². The van der Waals surface area contributed by atoms with E-state index in [-0.39, 0.29) is 11.5 Å². The third-order valence-corrected chi connectivity index (χ3v) is 4.21. The number of imidazole rings is 1. The van der Waals surface area contributed by atoms with Crippen molar-refractivity contribution < 1.29 is 9.53 Å². The van der Waals surface area contributed by atoms with Crippen LogP contribution in [0.15, 0.2) is 59.8 Å². The number of hydrogen-bond acceptors (Lipinski definition) is 4. The summed E-state index contributed by atoms with van der Waals surface area (Å²) in [6, 6.07) is 9.83. The Bertz CT molecular complexity index is 990. The average molecular weight is 352 g/mol. The molecular formula is C19H20N4O3. The summed E-state index contributed by atoms with van der Waals surface area (Å²) in [7, 11) is 5.07. The van der Waals surface area contributed by atoms with Gasteiger partial charge in [0.25, 0.3) is 11.5 Å². The molecule has 1 N–H and O–H groups in total. The number of amides is 1. The fourth-order valence-electron chi connectivity index (χ4n) is 2.75. The fourth-order valence-corrected chi connectivity index (χ4v) is 2.75. The summed E-state index contributed by atoms with van der Waals surface area (Å²) < 4.78 is 8.69. The van der Waals surface area contributed by atoms with E-state index in [0.29, 0.717) is 17.1 Å². The van der Waals surface area contributed by atoms with Crippen LogP contribution in [0.1, 0.15) is 27.8 Å². The van der Waals surface area contributed by atoms with Gasteiger partial charge in [-0.15, -0.1) is 0 Å². The van der Waals surface area contributed by atoms with Crippen molar-refractivity contribution in [3.8, 4) is 5.75 Å². The number of ether oxygens (including phenoxy) is 1. The van der Waals surface area contributed by atoms with Gasteiger partial charge >= 0.3 is 0 Å². The fraction of sp³-hybridized carbons (Fsp3) is 0.211. The molecule has 7 heteroatoms. The van der Waals surface area contributed by atoms with Crippen LogP contribution in [0.5, 0.6) is 5.75 Å². The van der Waals surface area contributed by atoms with Gasteiger partial charge in [-0.25, -0.2) is 4.98 Å². The van der Waals surface area contributed by atoms with E-state index in [1.807, 2.05) is 42.1 Å². The van der Waals surface area contributed by atoms with Crippen molar-refractivity contribution in [3.63, 3.8) is 0 Å². The average Bonchev–Trinajstić information content (AvgIpc) is 3.07. The van der Waals surface area contributed by atoms with Crippen molar-refractivity contribution >= 4 is 5.91 Å². The summed E-state index contributed by atoms with van der Waals surface area (Å²) in [5.74, 6) is 0.943. The van der Waals surface area contributed by atoms with Crippen LogP contribution in [-0.4, -0.2) is 27.1 Å². The van der Waals surface area contributed by atoms with E-state index >= 15 is 0 Å². The highest BCUT2D eigenvalue weighted by molar-refractivity contribution is 5.94. The molecule has 3 rings (SSSR count). The number of aryl methyl sites for hydroxylation is 2. The Hall–Kier alpha value is -3.35. The third-order valence-electron chi connectivity index (χ3n) is 4.21. The smallest absolute Gasteiger partial charge is 0.252 e. The molecule has 134 valence electrons. The lowest BCUT2D eigenvalue weighted by Gasteiger charge is -2.21. The minimum atomic E-state index is -0.525. The second-order valence-electron chi connectivity index (χ2n) is 5.91. The van der Waals surface area contributed by atoms with Gasteiger partial charge in [0.2, 0.25) is 0 Å². The standard InChI is InChI=1S/C19H20N4O3/c1-22-10-8-13(12-16(22)24)19(25)21-17(18-20-9-11-23(18)2)14-6-4-5-7-15(14)26-3/h4-12,17H,1-3H3,(H,21,25). The number of carbonyl (C=O) groups is 1. The Labute approximate surface area is 150 Å². The lowest BCUT2D eigenvalue weighted by atomic mass is 10.0. The number of hydrogen-bond donors (Lipinski definition) is 1. The molecule has 0 bridgehead atoms. The van der Waals surface area contributed by atoms with Gasteiger partial charge in [0, 0.05) is 49.9 Å². The minimum Gasteiger partial charge on any atom is -0.496 e. The SMILES string of the molecule is COc1ccccc1C(NC(=O)c1ccn(C)c(=O)c1)c1nccn1C. The van der Waals surface area contributed by atoms with E-state index in [2.05, 4.69) is 10.3 Å². The topological polar surface area (TPSA) is 78.2 Å². The summed E-state index contributed by atoms with van der Waals surface area (Å²) >= 11 is 0. The second-order valence-corrected chi connectivity index (χ2v) is 5.91. The van der Waals surface area contributed by atoms with Crippen LogP contribution in [0, 0.1) is 0 Å². The predicted octanol–water partition coefficient (Wildman–Crippen LogP) is 1.65. The summed E-state index contributed by atoms with van der Waals surface area (Å²) in [5.41, 5.74) is 0.826. The molecule has 0 fully saturated rings. The molecule has 1 atom stereocenters. The first-order valence-corrected chi connectivity index (χ1v) is 8.09. The molecule has 1 amide bonds. The summed E-state index contributed by atoms with van der Waals surface area (Å²) in [4.78, 5) is 29.0. The first-order chi connectivity index (χ1) is 12.5. The van der Waals surface area contributed by atoms with Crippen molar-refractivity contribution in [3.05, 3.63) is 82.3 Å². The van der Waals surface area contributed by atoms with Crippen molar-refractivity contribution in [2.75, 3.05) is 7.11 Å². The number of methoxy groups -OCH3 is 1. The molecule has 0 saturated heterocycles. The summed E-state index contributed by atoms with van der Waals surface area (Å²) in [6.45, 7) is 0. The zero-order chi connectivity index (χ0) is 18.7. The molecule has 2 aromatic heterocycles. The van der Waals surface area contributed by atoms with Crippen molar-refractivity contribution in [2.24, 2.45) is 14.1 Å². The number of para-hydroxylation sites is 1. The molecule has 1 aromatic carbocycles. The second kappa shape index (κ2) is 7.26. The van der Waals surface area contributed by atoms with E-state index in [4.69, 9.17) is 4.74 Å². The molecule has 1 unspecified atom stereocenters. The van der Waals surface area contributed by atoms with Crippen LogP contribution in [0.4, 0.5) is 0 Å². The lowest BCUT2D eigenvalue weighted by Crippen LogP contribution is -2.32. The molecule has 2 heterocycles. The van der Waals surface area contributed by atoms with Crippen LogP contribution in [-0.2, 0) is 14.1 Å². The third kappa shape index (κ3) is 3.37. The van der Waals surface area contributed by atoms with Crippen LogP contribution in [0.25, 0.3) is 0 Å². The number of rotatable bonds is 5. The van der Waals surface area contributed by atoms with Crippen molar-refractivity contribution in [1.29, 1.82) is 0 Å². The zero-order valence-corrected chi connectivity index (χ0v) is 14.8. The number of benzene rings is 1. The maximum Gasteiger partial charge on any atom is 0.252 e. The van der Waals surface area contributed by atoms with Gasteiger partial charge in [0.05, 0.1) is 7.11 Å². The number of nitrogens with one attached hydrogen (secondary N) is 1. The van der Waals surface area contributed by atoms with Gasteiger partial charge in [-0.1, -0.05) is 18.2 Å². The molecule has 7 nitrogen and oxygen atoms in total. The van der Waals surface area contributed by atoms with Gasteiger partial charge in [0.1, 0.15) is 17.6 Å². The molecule has 26 heavy (non-hydrogen) atoms. The van der Waals surface area contributed by atoms with Gasteiger partial charge in [0.15, 0.2) is 0 Å². The molecule has 3 aromatic rings. The maximum atomic E-state index is 12.8. The number of aromatic nitrogens is 3. The normalized spacial score (nSPS) is 11.8. The summed E-state index contributed by atoms with van der Waals surface area (Å²) in [5, 5.41) is 2.96. The number of pyridine rings is 1. The molecule has 0 aliphatic heterocycles. The molecule has 0 radical (unpaired) electrons. The highest BCUT2D eigenvalue weighted by atomic mass is 16.5. The van der Waals surface area contributed by atoms with Gasteiger partial charge < -0.3 is 19.2 Å². The van der Waals surface area contributed by atoms with Crippen LogP contribution >= 0.6 is 0 Å². The predicted molar refractivity (Wildman–Crippen MR) is 97.2 cm³/mol. The molecule has 0 aliphatic rings. The van der Waals surface area contributed by atoms with Gasteiger partial charge in [-0.2, -0.15) is 0 Å². The Balaban J connectivity index is 2.01. The van der Waals surface area contributed by atoms with E-state index in [1.54, 1.807) is 32.6 Å². The largest absolute Gasteiger partial charge is 0.496 e. The molecular weight excluding hydrogens is 332 g/mol.